The van der Waals surface area contributed by atoms with Crippen molar-refractivity contribution in [1.82, 2.24) is 5.32 Å². The summed E-state index contributed by atoms with van der Waals surface area (Å²) in [5.41, 5.74) is 2.61. The van der Waals surface area contributed by atoms with Gasteiger partial charge in [-0.05, 0) is 25.0 Å². The monoisotopic (exact) mass is 188 g/mol. The smallest absolute Gasteiger partial charge is 0.0635 e. The first-order chi connectivity index (χ1) is 6.75. The summed E-state index contributed by atoms with van der Waals surface area (Å²) >= 11 is 0. The SMILES string of the molecule is Cc1ccccc1[C@@H](C)NCCC#N. The van der Waals surface area contributed by atoms with Gasteiger partial charge in [0.15, 0.2) is 0 Å². The summed E-state index contributed by atoms with van der Waals surface area (Å²) < 4.78 is 0. The maximum absolute atomic E-state index is 8.41. The number of aryl methyl sites for hydroxylation is 1. The van der Waals surface area contributed by atoms with E-state index in [9.17, 15) is 0 Å². The number of benzene rings is 1. The molecule has 0 spiro atoms. The topological polar surface area (TPSA) is 35.8 Å². The maximum Gasteiger partial charge on any atom is 0.0635 e. The second-order valence-corrected chi connectivity index (χ2v) is 3.44. The fraction of sp³-hybridized carbons (Fsp3) is 0.417. The molecule has 1 aromatic rings. The average molecular weight is 188 g/mol. The van der Waals surface area contributed by atoms with Gasteiger partial charge in [0, 0.05) is 19.0 Å². The molecule has 0 unspecified atom stereocenters. The van der Waals surface area contributed by atoms with Gasteiger partial charge in [0.05, 0.1) is 6.07 Å². The molecule has 0 fully saturated rings. The van der Waals surface area contributed by atoms with Crippen molar-refractivity contribution in [2.75, 3.05) is 6.54 Å². The predicted octanol–water partition coefficient (Wildman–Crippen LogP) is 2.56. The van der Waals surface area contributed by atoms with Crippen LogP contribution in [0.4, 0.5) is 0 Å². The lowest BCUT2D eigenvalue weighted by molar-refractivity contribution is 0.580. The van der Waals surface area contributed by atoms with E-state index in [-0.39, 0.29) is 0 Å². The Hall–Kier alpha value is -1.33. The van der Waals surface area contributed by atoms with Crippen LogP contribution in [0.1, 0.15) is 30.5 Å². The highest BCUT2D eigenvalue weighted by molar-refractivity contribution is 5.28. The molecule has 0 aromatic heterocycles. The predicted molar refractivity (Wildman–Crippen MR) is 57.8 cm³/mol. The molecule has 2 heteroatoms. The second kappa shape index (κ2) is 5.41. The standard InChI is InChI=1S/C12H16N2/c1-10-6-3-4-7-12(10)11(2)14-9-5-8-13/h3-4,6-7,11,14H,5,9H2,1-2H3/t11-/m1/s1. The number of nitrogens with one attached hydrogen (secondary N) is 1. The third-order valence-electron chi connectivity index (χ3n) is 2.34. The molecule has 1 N–H and O–H groups in total. The van der Waals surface area contributed by atoms with Gasteiger partial charge in [-0.2, -0.15) is 5.26 Å². The second-order valence-electron chi connectivity index (χ2n) is 3.44. The van der Waals surface area contributed by atoms with E-state index in [2.05, 4.69) is 37.4 Å². The van der Waals surface area contributed by atoms with E-state index < -0.39 is 0 Å². The molecule has 0 saturated heterocycles. The van der Waals surface area contributed by atoms with Gasteiger partial charge in [0.2, 0.25) is 0 Å². The van der Waals surface area contributed by atoms with E-state index in [4.69, 9.17) is 5.26 Å². The normalized spacial score (nSPS) is 12.1. The Kier molecular flexibility index (Phi) is 4.15. The summed E-state index contributed by atoms with van der Waals surface area (Å²) in [5, 5.41) is 11.7. The minimum Gasteiger partial charge on any atom is -0.309 e. The Morgan fingerprint density at radius 1 is 1.43 bits per heavy atom. The van der Waals surface area contributed by atoms with Crippen molar-refractivity contribution in [2.45, 2.75) is 26.3 Å². The Labute approximate surface area is 85.6 Å². The summed E-state index contributed by atoms with van der Waals surface area (Å²) in [6, 6.07) is 10.8. The van der Waals surface area contributed by atoms with Crippen molar-refractivity contribution < 1.29 is 0 Å². The van der Waals surface area contributed by atoms with Crippen LogP contribution in [0.5, 0.6) is 0 Å². The van der Waals surface area contributed by atoms with Gasteiger partial charge in [0.1, 0.15) is 0 Å². The third kappa shape index (κ3) is 2.86. The first-order valence-corrected chi connectivity index (χ1v) is 4.91. The highest BCUT2D eigenvalue weighted by Gasteiger charge is 2.05. The summed E-state index contributed by atoms with van der Waals surface area (Å²) in [6.07, 6.45) is 0.566. The van der Waals surface area contributed by atoms with E-state index in [1.54, 1.807) is 0 Å². The van der Waals surface area contributed by atoms with Crippen molar-refractivity contribution in [3.05, 3.63) is 35.4 Å². The van der Waals surface area contributed by atoms with Crippen LogP contribution >= 0.6 is 0 Å². The number of nitrogens with zero attached hydrogens (tertiary/aromatic N) is 1. The Bertz CT molecular complexity index is 325. The van der Waals surface area contributed by atoms with Gasteiger partial charge in [-0.3, -0.25) is 0 Å². The number of rotatable bonds is 4. The molecule has 0 aliphatic carbocycles. The maximum atomic E-state index is 8.41. The van der Waals surface area contributed by atoms with E-state index in [1.165, 1.54) is 11.1 Å². The molecule has 1 aromatic carbocycles. The van der Waals surface area contributed by atoms with E-state index >= 15 is 0 Å². The van der Waals surface area contributed by atoms with Gasteiger partial charge >= 0.3 is 0 Å². The molecule has 0 saturated carbocycles. The van der Waals surface area contributed by atoms with Crippen LogP contribution in [0, 0.1) is 18.3 Å². The van der Waals surface area contributed by atoms with Gasteiger partial charge in [0.25, 0.3) is 0 Å². The lowest BCUT2D eigenvalue weighted by atomic mass is 10.0. The van der Waals surface area contributed by atoms with Gasteiger partial charge < -0.3 is 5.32 Å². The van der Waals surface area contributed by atoms with Crippen molar-refractivity contribution >= 4 is 0 Å². The van der Waals surface area contributed by atoms with Crippen LogP contribution in [0.2, 0.25) is 0 Å². The molecule has 14 heavy (non-hydrogen) atoms. The van der Waals surface area contributed by atoms with Crippen LogP contribution in [0.15, 0.2) is 24.3 Å². The lowest BCUT2D eigenvalue weighted by Gasteiger charge is -2.15. The number of nitriles is 1. The largest absolute Gasteiger partial charge is 0.309 e. The molecule has 2 nitrogen and oxygen atoms in total. The lowest BCUT2D eigenvalue weighted by Crippen LogP contribution is -2.20. The third-order valence-corrected chi connectivity index (χ3v) is 2.34. The van der Waals surface area contributed by atoms with Crippen molar-refractivity contribution in [3.8, 4) is 6.07 Å². The molecular weight excluding hydrogens is 172 g/mol. The van der Waals surface area contributed by atoms with Crippen LogP contribution in [-0.2, 0) is 0 Å². The molecule has 1 atom stereocenters. The summed E-state index contributed by atoms with van der Waals surface area (Å²) in [6.45, 7) is 4.99. The molecule has 0 amide bonds. The molecule has 0 heterocycles. The zero-order chi connectivity index (χ0) is 10.4. The minimum absolute atomic E-state index is 0.324. The summed E-state index contributed by atoms with van der Waals surface area (Å²) in [7, 11) is 0. The quantitative estimate of drug-likeness (QED) is 0.737. The van der Waals surface area contributed by atoms with E-state index in [1.807, 2.05) is 12.1 Å². The van der Waals surface area contributed by atoms with Crippen molar-refractivity contribution in [3.63, 3.8) is 0 Å². The van der Waals surface area contributed by atoms with Crippen molar-refractivity contribution in [2.24, 2.45) is 0 Å². The summed E-state index contributed by atoms with van der Waals surface area (Å²) in [4.78, 5) is 0. The fourth-order valence-electron chi connectivity index (χ4n) is 1.53. The minimum atomic E-state index is 0.324. The molecule has 0 radical (unpaired) electrons. The Balaban J connectivity index is 2.57. The summed E-state index contributed by atoms with van der Waals surface area (Å²) in [5.74, 6) is 0. The first kappa shape index (κ1) is 10.7. The Morgan fingerprint density at radius 2 is 2.14 bits per heavy atom. The molecule has 0 bridgehead atoms. The zero-order valence-electron chi connectivity index (χ0n) is 8.75. The van der Waals surface area contributed by atoms with Crippen LogP contribution in [0.3, 0.4) is 0 Å². The molecule has 74 valence electrons. The highest BCUT2D eigenvalue weighted by Crippen LogP contribution is 2.16. The van der Waals surface area contributed by atoms with Crippen molar-refractivity contribution in [1.29, 1.82) is 5.26 Å². The van der Waals surface area contributed by atoms with Crippen LogP contribution in [-0.4, -0.2) is 6.54 Å². The number of hydrogen-bond donors (Lipinski definition) is 1. The zero-order valence-corrected chi connectivity index (χ0v) is 8.75. The van der Waals surface area contributed by atoms with Crippen LogP contribution < -0.4 is 5.32 Å². The fourth-order valence-corrected chi connectivity index (χ4v) is 1.53. The molecular formula is C12H16N2. The number of hydrogen-bond acceptors (Lipinski definition) is 2. The molecule has 0 aliphatic heterocycles. The van der Waals surface area contributed by atoms with E-state index in [0.717, 1.165) is 6.54 Å². The molecule has 1 rings (SSSR count). The molecule has 0 aliphatic rings. The van der Waals surface area contributed by atoms with Gasteiger partial charge in [-0.25, -0.2) is 0 Å². The van der Waals surface area contributed by atoms with Crippen LogP contribution in [0.25, 0.3) is 0 Å². The van der Waals surface area contributed by atoms with E-state index in [0.29, 0.717) is 12.5 Å². The highest BCUT2D eigenvalue weighted by atomic mass is 14.9. The van der Waals surface area contributed by atoms with Gasteiger partial charge in [-0.15, -0.1) is 0 Å². The Morgan fingerprint density at radius 3 is 2.79 bits per heavy atom. The van der Waals surface area contributed by atoms with Gasteiger partial charge in [-0.1, -0.05) is 24.3 Å². The average Bonchev–Trinajstić information content (AvgIpc) is 2.18. The first-order valence-electron chi connectivity index (χ1n) is 4.91.